The number of carbonyl (C=O) groups excluding carboxylic acids is 1. The van der Waals surface area contributed by atoms with Crippen LogP contribution in [0.2, 0.25) is 0 Å². The van der Waals surface area contributed by atoms with Gasteiger partial charge in [0.15, 0.2) is 10.2 Å². The summed E-state index contributed by atoms with van der Waals surface area (Å²) in [5.41, 5.74) is 0.991. The number of hydrogen-bond acceptors (Lipinski definition) is 7. The third kappa shape index (κ3) is 4.28. The molecule has 0 spiro atoms. The van der Waals surface area contributed by atoms with Gasteiger partial charge >= 0.3 is 0 Å². The van der Waals surface area contributed by atoms with Crippen LogP contribution in [0.25, 0.3) is 0 Å². The van der Waals surface area contributed by atoms with Crippen molar-refractivity contribution in [1.82, 2.24) is 20.4 Å². The Bertz CT molecular complexity index is 621. The van der Waals surface area contributed by atoms with Crippen molar-refractivity contribution in [3.63, 3.8) is 0 Å². The molecule has 6 nitrogen and oxygen atoms in total. The molecule has 0 aromatic carbocycles. The van der Waals surface area contributed by atoms with E-state index in [0.29, 0.717) is 30.5 Å². The first-order chi connectivity index (χ1) is 10.2. The molecule has 1 aliphatic rings. The molecule has 1 fully saturated rings. The average molecular weight is 324 g/mol. The van der Waals surface area contributed by atoms with Crippen LogP contribution in [0.4, 0.5) is 0 Å². The molecular formula is C13H16N4O2S2. The normalized spacial score (nSPS) is 14.3. The molecule has 1 saturated carbocycles. The Kier molecular flexibility index (Phi) is 4.54. The zero-order chi connectivity index (χ0) is 14.7. The van der Waals surface area contributed by atoms with Crippen molar-refractivity contribution in [2.45, 2.75) is 36.4 Å². The van der Waals surface area contributed by atoms with Crippen LogP contribution >= 0.6 is 23.1 Å². The molecule has 8 heteroatoms. The van der Waals surface area contributed by atoms with Crippen LogP contribution < -0.4 is 5.32 Å². The molecule has 0 bridgehead atoms. The van der Waals surface area contributed by atoms with Crippen LogP contribution in [-0.2, 0) is 11.2 Å². The van der Waals surface area contributed by atoms with Gasteiger partial charge in [-0.15, -0.1) is 11.3 Å². The van der Waals surface area contributed by atoms with Crippen molar-refractivity contribution in [3.8, 4) is 0 Å². The first-order valence-electron chi connectivity index (χ1n) is 6.85. The Morgan fingerprint density at radius 2 is 2.38 bits per heavy atom. The highest BCUT2D eigenvalue weighted by atomic mass is 32.2. The van der Waals surface area contributed by atoms with Gasteiger partial charge in [0, 0.05) is 30.0 Å². The molecule has 112 valence electrons. The van der Waals surface area contributed by atoms with Gasteiger partial charge in [-0.25, -0.2) is 4.98 Å². The number of aromatic nitrogens is 3. The lowest BCUT2D eigenvalue weighted by Gasteiger charge is -2.01. The molecule has 3 rings (SSSR count). The maximum atomic E-state index is 11.7. The molecule has 0 saturated heterocycles. The smallest absolute Gasteiger partial charge is 0.230 e. The van der Waals surface area contributed by atoms with Crippen molar-refractivity contribution < 1.29 is 9.32 Å². The number of aryl methyl sites for hydroxylation is 1. The Balaban J connectivity index is 1.35. The maximum absolute atomic E-state index is 11.7. The molecule has 0 aliphatic heterocycles. The van der Waals surface area contributed by atoms with Crippen molar-refractivity contribution in [2.75, 3.05) is 12.3 Å². The van der Waals surface area contributed by atoms with Crippen molar-refractivity contribution >= 4 is 29.0 Å². The predicted octanol–water partition coefficient (Wildman–Crippen LogP) is 2.16. The average Bonchev–Trinajstić information content (AvgIpc) is 3.07. The highest BCUT2D eigenvalue weighted by Gasteiger charge is 2.28. The van der Waals surface area contributed by atoms with E-state index in [2.05, 4.69) is 20.4 Å². The Morgan fingerprint density at radius 3 is 3.10 bits per heavy atom. The minimum Gasteiger partial charge on any atom is -0.355 e. The van der Waals surface area contributed by atoms with E-state index in [9.17, 15) is 4.79 Å². The van der Waals surface area contributed by atoms with Crippen LogP contribution in [0.1, 0.15) is 36.2 Å². The van der Waals surface area contributed by atoms with Gasteiger partial charge in [0.2, 0.25) is 11.8 Å². The van der Waals surface area contributed by atoms with E-state index in [1.165, 1.54) is 11.8 Å². The number of rotatable bonds is 7. The number of nitrogens with one attached hydrogen (secondary N) is 1. The van der Waals surface area contributed by atoms with Gasteiger partial charge in [0.25, 0.3) is 0 Å². The molecule has 2 aromatic rings. The summed E-state index contributed by atoms with van der Waals surface area (Å²) < 4.78 is 6.08. The van der Waals surface area contributed by atoms with Gasteiger partial charge in [-0.1, -0.05) is 16.9 Å². The van der Waals surface area contributed by atoms with Crippen LogP contribution in [0, 0.1) is 6.92 Å². The van der Waals surface area contributed by atoms with Gasteiger partial charge in [-0.2, -0.15) is 4.98 Å². The van der Waals surface area contributed by atoms with E-state index < -0.39 is 0 Å². The van der Waals surface area contributed by atoms with Crippen LogP contribution in [0.15, 0.2) is 14.2 Å². The van der Waals surface area contributed by atoms with E-state index in [1.807, 2.05) is 12.3 Å². The van der Waals surface area contributed by atoms with E-state index >= 15 is 0 Å². The fourth-order valence-corrected chi connectivity index (χ4v) is 3.44. The van der Waals surface area contributed by atoms with Gasteiger partial charge < -0.3 is 9.84 Å². The molecule has 1 aliphatic carbocycles. The number of carbonyl (C=O) groups is 1. The summed E-state index contributed by atoms with van der Waals surface area (Å²) in [5, 5.41) is 8.78. The summed E-state index contributed by atoms with van der Waals surface area (Å²) in [6.45, 7) is 2.46. The van der Waals surface area contributed by atoms with Gasteiger partial charge in [0.05, 0.1) is 5.75 Å². The first-order valence-corrected chi connectivity index (χ1v) is 8.71. The summed E-state index contributed by atoms with van der Waals surface area (Å²) in [6.07, 6.45) is 2.89. The predicted molar refractivity (Wildman–Crippen MR) is 80.6 cm³/mol. The molecule has 1 N–H and O–H groups in total. The molecule has 2 heterocycles. The molecule has 1 amide bonds. The SMILES string of the molecule is Cc1csc(SCC(=O)NCCc2nc(C3CC3)no2)n1. The highest BCUT2D eigenvalue weighted by molar-refractivity contribution is 8.01. The van der Waals surface area contributed by atoms with Crippen molar-refractivity contribution in [3.05, 3.63) is 22.8 Å². The zero-order valence-corrected chi connectivity index (χ0v) is 13.3. The summed E-state index contributed by atoms with van der Waals surface area (Å²) in [4.78, 5) is 20.3. The summed E-state index contributed by atoms with van der Waals surface area (Å²) in [6, 6.07) is 0. The summed E-state index contributed by atoms with van der Waals surface area (Å²) >= 11 is 3.02. The van der Waals surface area contributed by atoms with Crippen LogP contribution in [-0.4, -0.2) is 33.3 Å². The quantitative estimate of drug-likeness (QED) is 0.786. The van der Waals surface area contributed by atoms with Crippen molar-refractivity contribution in [1.29, 1.82) is 0 Å². The van der Waals surface area contributed by atoms with Crippen LogP contribution in [0.5, 0.6) is 0 Å². The largest absolute Gasteiger partial charge is 0.355 e. The van der Waals surface area contributed by atoms with Gasteiger partial charge in [-0.3, -0.25) is 4.79 Å². The first kappa shape index (κ1) is 14.5. The third-order valence-electron chi connectivity index (χ3n) is 3.01. The molecule has 21 heavy (non-hydrogen) atoms. The van der Waals surface area contributed by atoms with E-state index in [-0.39, 0.29) is 5.91 Å². The number of amides is 1. The number of thioether (sulfide) groups is 1. The fourth-order valence-electron chi connectivity index (χ4n) is 1.76. The van der Waals surface area contributed by atoms with Gasteiger partial charge in [-0.05, 0) is 19.8 Å². The zero-order valence-electron chi connectivity index (χ0n) is 11.7. The lowest BCUT2D eigenvalue weighted by atomic mass is 10.4. The topological polar surface area (TPSA) is 80.9 Å². The minimum absolute atomic E-state index is 0.00483. The molecule has 2 aromatic heterocycles. The van der Waals surface area contributed by atoms with Crippen LogP contribution in [0.3, 0.4) is 0 Å². The summed E-state index contributed by atoms with van der Waals surface area (Å²) in [5.74, 6) is 2.28. The molecule has 0 atom stereocenters. The standard InChI is InChI=1S/C13H16N4O2S2/c1-8-6-20-13(15-8)21-7-10(18)14-5-4-11-16-12(17-19-11)9-2-3-9/h6,9H,2-5,7H2,1H3,(H,14,18). The second-order valence-corrected chi connectivity index (χ2v) is 7.04. The van der Waals surface area contributed by atoms with Crippen molar-refractivity contribution in [2.24, 2.45) is 0 Å². The maximum Gasteiger partial charge on any atom is 0.230 e. The monoisotopic (exact) mass is 324 g/mol. The number of nitrogens with zero attached hydrogens (tertiary/aromatic N) is 3. The second-order valence-electron chi connectivity index (χ2n) is 4.96. The lowest BCUT2D eigenvalue weighted by Crippen LogP contribution is -2.27. The number of thiazole rings is 1. The Labute approximate surface area is 130 Å². The molecule has 0 radical (unpaired) electrons. The third-order valence-corrected chi connectivity index (χ3v) is 5.15. The van der Waals surface area contributed by atoms with E-state index in [1.54, 1.807) is 11.3 Å². The Hall–Kier alpha value is -1.41. The van der Waals surface area contributed by atoms with E-state index in [0.717, 1.165) is 28.7 Å². The number of hydrogen-bond donors (Lipinski definition) is 1. The van der Waals surface area contributed by atoms with E-state index in [4.69, 9.17) is 4.52 Å². The lowest BCUT2D eigenvalue weighted by molar-refractivity contribution is -0.118. The highest BCUT2D eigenvalue weighted by Crippen LogP contribution is 2.38. The minimum atomic E-state index is -0.00483. The second kappa shape index (κ2) is 6.57. The van der Waals surface area contributed by atoms with Gasteiger partial charge in [0.1, 0.15) is 0 Å². The molecule has 0 unspecified atom stereocenters. The molecular weight excluding hydrogens is 308 g/mol. The summed E-state index contributed by atoms with van der Waals surface area (Å²) in [7, 11) is 0. The Morgan fingerprint density at radius 1 is 1.52 bits per heavy atom. The fraction of sp³-hybridized carbons (Fsp3) is 0.538.